The van der Waals surface area contributed by atoms with Gasteiger partial charge in [-0.3, -0.25) is 9.78 Å². The van der Waals surface area contributed by atoms with Gasteiger partial charge in [0.15, 0.2) is 0 Å². The second-order valence-corrected chi connectivity index (χ2v) is 5.99. The number of carbonyl (C=O) groups excluding carboxylic acids is 1. The standard InChI is InChI=1S/C19H24N4O2/c1-2-25-16-8-6-14(7-9-16)17-13-18(23-22-17)19(24)21-12-10-15-5-3-4-11-20-15/h3-9,11,17-18,22-23H,2,10,12-13H2,1H3,(H,21,24). The van der Waals surface area contributed by atoms with Crippen LogP contribution in [0, 0.1) is 0 Å². The molecule has 1 aromatic carbocycles. The van der Waals surface area contributed by atoms with Gasteiger partial charge in [-0.2, -0.15) is 0 Å². The van der Waals surface area contributed by atoms with Crippen molar-refractivity contribution in [3.05, 3.63) is 59.9 Å². The zero-order chi connectivity index (χ0) is 17.5. The van der Waals surface area contributed by atoms with Crippen LogP contribution in [0.2, 0.25) is 0 Å². The molecule has 3 rings (SSSR count). The molecule has 6 nitrogen and oxygen atoms in total. The lowest BCUT2D eigenvalue weighted by molar-refractivity contribution is -0.122. The molecule has 2 atom stereocenters. The van der Waals surface area contributed by atoms with Gasteiger partial charge in [-0.15, -0.1) is 0 Å². The van der Waals surface area contributed by atoms with Crippen LogP contribution in [0.5, 0.6) is 5.75 Å². The molecule has 1 aliphatic rings. The highest BCUT2D eigenvalue weighted by atomic mass is 16.5. The lowest BCUT2D eigenvalue weighted by Gasteiger charge is -2.11. The number of ether oxygens (including phenoxy) is 1. The van der Waals surface area contributed by atoms with Crippen LogP contribution in [-0.2, 0) is 11.2 Å². The zero-order valence-corrected chi connectivity index (χ0v) is 14.4. The molecule has 25 heavy (non-hydrogen) atoms. The van der Waals surface area contributed by atoms with Crippen LogP contribution >= 0.6 is 0 Å². The minimum atomic E-state index is -0.236. The smallest absolute Gasteiger partial charge is 0.238 e. The van der Waals surface area contributed by atoms with Crippen LogP contribution in [0.1, 0.15) is 30.6 Å². The Morgan fingerprint density at radius 1 is 1.24 bits per heavy atom. The molecule has 2 unspecified atom stereocenters. The molecule has 1 saturated heterocycles. The summed E-state index contributed by atoms with van der Waals surface area (Å²) in [5, 5.41) is 2.97. The van der Waals surface area contributed by atoms with Crippen molar-refractivity contribution in [3.8, 4) is 5.75 Å². The topological polar surface area (TPSA) is 75.3 Å². The van der Waals surface area contributed by atoms with Crippen LogP contribution in [0.15, 0.2) is 48.7 Å². The Labute approximate surface area is 148 Å². The number of nitrogens with zero attached hydrogens (tertiary/aromatic N) is 1. The first-order chi connectivity index (χ1) is 12.3. The van der Waals surface area contributed by atoms with E-state index in [4.69, 9.17) is 4.74 Å². The first-order valence-electron chi connectivity index (χ1n) is 8.67. The molecule has 2 aromatic rings. The summed E-state index contributed by atoms with van der Waals surface area (Å²) in [5.74, 6) is 0.873. The molecule has 6 heteroatoms. The number of hydrogen-bond acceptors (Lipinski definition) is 5. The lowest BCUT2D eigenvalue weighted by Crippen LogP contribution is -2.43. The molecule has 0 radical (unpaired) electrons. The highest BCUT2D eigenvalue weighted by Crippen LogP contribution is 2.24. The maximum atomic E-state index is 12.3. The van der Waals surface area contributed by atoms with Gasteiger partial charge in [-0.05, 0) is 43.2 Å². The van der Waals surface area contributed by atoms with E-state index in [1.165, 1.54) is 0 Å². The van der Waals surface area contributed by atoms with Gasteiger partial charge in [0.25, 0.3) is 0 Å². The highest BCUT2D eigenvalue weighted by molar-refractivity contribution is 5.82. The number of aromatic nitrogens is 1. The van der Waals surface area contributed by atoms with Crippen LogP contribution < -0.4 is 20.9 Å². The average Bonchev–Trinajstić information content (AvgIpc) is 3.14. The van der Waals surface area contributed by atoms with E-state index in [9.17, 15) is 4.79 Å². The Morgan fingerprint density at radius 3 is 2.80 bits per heavy atom. The van der Waals surface area contributed by atoms with E-state index in [0.717, 1.165) is 23.4 Å². The lowest BCUT2D eigenvalue weighted by atomic mass is 10.0. The minimum absolute atomic E-state index is 0.0110. The maximum Gasteiger partial charge on any atom is 0.238 e. The summed E-state index contributed by atoms with van der Waals surface area (Å²) in [6.07, 6.45) is 3.21. The van der Waals surface area contributed by atoms with Crippen molar-refractivity contribution in [3.63, 3.8) is 0 Å². The first kappa shape index (κ1) is 17.4. The minimum Gasteiger partial charge on any atom is -0.494 e. The van der Waals surface area contributed by atoms with Crippen molar-refractivity contribution >= 4 is 5.91 Å². The van der Waals surface area contributed by atoms with Crippen molar-refractivity contribution in [2.75, 3.05) is 13.2 Å². The predicted octanol–water partition coefficient (Wildman–Crippen LogP) is 1.75. The van der Waals surface area contributed by atoms with Crippen LogP contribution in [0.4, 0.5) is 0 Å². The Bertz CT molecular complexity index is 676. The Kier molecular flexibility index (Phi) is 5.98. The van der Waals surface area contributed by atoms with Gasteiger partial charge in [-0.25, -0.2) is 10.9 Å². The van der Waals surface area contributed by atoms with Crippen LogP contribution in [-0.4, -0.2) is 30.1 Å². The molecule has 0 saturated carbocycles. The number of benzene rings is 1. The SMILES string of the molecule is CCOc1ccc(C2CC(C(=O)NCCc3ccccn3)NN2)cc1. The molecule has 0 bridgehead atoms. The summed E-state index contributed by atoms with van der Waals surface area (Å²) >= 11 is 0. The van der Waals surface area contributed by atoms with Crippen molar-refractivity contribution in [2.45, 2.75) is 31.8 Å². The van der Waals surface area contributed by atoms with E-state index in [0.29, 0.717) is 19.6 Å². The average molecular weight is 340 g/mol. The number of rotatable bonds is 7. The van der Waals surface area contributed by atoms with Crippen LogP contribution in [0.25, 0.3) is 0 Å². The number of hydrazine groups is 1. The van der Waals surface area contributed by atoms with Crippen LogP contribution in [0.3, 0.4) is 0 Å². The van der Waals surface area contributed by atoms with Gasteiger partial charge >= 0.3 is 0 Å². The van der Waals surface area contributed by atoms with Gasteiger partial charge in [-0.1, -0.05) is 18.2 Å². The van der Waals surface area contributed by atoms with E-state index in [2.05, 4.69) is 21.2 Å². The molecule has 132 valence electrons. The van der Waals surface area contributed by atoms with E-state index >= 15 is 0 Å². The highest BCUT2D eigenvalue weighted by Gasteiger charge is 2.29. The van der Waals surface area contributed by atoms with Gasteiger partial charge < -0.3 is 10.1 Å². The van der Waals surface area contributed by atoms with E-state index in [-0.39, 0.29) is 18.0 Å². The fraction of sp³-hybridized carbons (Fsp3) is 0.368. The number of amides is 1. The van der Waals surface area contributed by atoms with Gasteiger partial charge in [0, 0.05) is 30.9 Å². The fourth-order valence-electron chi connectivity index (χ4n) is 2.89. The molecular formula is C19H24N4O2. The van der Waals surface area contributed by atoms with Gasteiger partial charge in [0.05, 0.1) is 6.61 Å². The Hall–Kier alpha value is -2.44. The molecule has 1 aromatic heterocycles. The van der Waals surface area contributed by atoms with Gasteiger partial charge in [0.2, 0.25) is 5.91 Å². The zero-order valence-electron chi connectivity index (χ0n) is 14.4. The Morgan fingerprint density at radius 2 is 2.08 bits per heavy atom. The predicted molar refractivity (Wildman–Crippen MR) is 96.0 cm³/mol. The van der Waals surface area contributed by atoms with E-state index in [1.54, 1.807) is 6.20 Å². The summed E-state index contributed by atoms with van der Waals surface area (Å²) in [5.41, 5.74) is 8.40. The number of hydrogen-bond donors (Lipinski definition) is 3. The van der Waals surface area contributed by atoms with E-state index < -0.39 is 0 Å². The molecule has 1 aliphatic heterocycles. The van der Waals surface area contributed by atoms with Crippen molar-refractivity contribution in [2.24, 2.45) is 0 Å². The normalized spacial score (nSPS) is 19.6. The third kappa shape index (κ3) is 4.78. The first-order valence-corrected chi connectivity index (χ1v) is 8.67. The summed E-state index contributed by atoms with van der Waals surface area (Å²) < 4.78 is 5.46. The molecule has 1 amide bonds. The van der Waals surface area contributed by atoms with Crippen molar-refractivity contribution < 1.29 is 9.53 Å². The maximum absolute atomic E-state index is 12.3. The van der Waals surface area contributed by atoms with Gasteiger partial charge in [0.1, 0.15) is 11.8 Å². The summed E-state index contributed by atoms with van der Waals surface area (Å²) in [7, 11) is 0. The molecule has 0 spiro atoms. The van der Waals surface area contributed by atoms with Crippen molar-refractivity contribution in [1.29, 1.82) is 0 Å². The fourth-order valence-corrected chi connectivity index (χ4v) is 2.89. The second kappa shape index (κ2) is 8.60. The Balaban J connectivity index is 1.46. The summed E-state index contributed by atoms with van der Waals surface area (Å²) in [6, 6.07) is 13.7. The molecular weight excluding hydrogens is 316 g/mol. The van der Waals surface area contributed by atoms with Crippen molar-refractivity contribution in [1.82, 2.24) is 21.2 Å². The molecule has 1 fully saturated rings. The second-order valence-electron chi connectivity index (χ2n) is 5.99. The third-order valence-electron chi connectivity index (χ3n) is 4.22. The quantitative estimate of drug-likeness (QED) is 0.716. The molecule has 2 heterocycles. The summed E-state index contributed by atoms with van der Waals surface area (Å²) in [6.45, 7) is 3.21. The molecule has 3 N–H and O–H groups in total. The molecule has 0 aliphatic carbocycles. The monoisotopic (exact) mass is 340 g/mol. The number of pyridine rings is 1. The number of carbonyl (C=O) groups is 1. The largest absolute Gasteiger partial charge is 0.494 e. The van der Waals surface area contributed by atoms with E-state index in [1.807, 2.05) is 49.4 Å². The summed E-state index contributed by atoms with van der Waals surface area (Å²) in [4.78, 5) is 16.6. The number of nitrogens with one attached hydrogen (secondary N) is 3. The third-order valence-corrected chi connectivity index (χ3v) is 4.22.